The molecule has 0 spiro atoms. The molecule has 1 amide bonds. The molecule has 1 fully saturated rings. The van der Waals surface area contributed by atoms with E-state index in [0.717, 1.165) is 35.0 Å². The first-order chi connectivity index (χ1) is 8.65. The molecule has 1 atom stereocenters. The number of halogens is 1. The monoisotopic (exact) mass is 310 g/mol. The number of nitrogens with zero attached hydrogens (tertiary/aromatic N) is 1. The molecular weight excluding hydrogens is 292 g/mol. The summed E-state index contributed by atoms with van der Waals surface area (Å²) >= 11 is 3.48. The Hall–Kier alpha value is -0.870. The van der Waals surface area contributed by atoms with Gasteiger partial charge in [0.1, 0.15) is 0 Å². The van der Waals surface area contributed by atoms with E-state index in [1.165, 1.54) is 6.42 Å². The maximum atomic E-state index is 12.6. The molecule has 2 N–H and O–H groups in total. The molecule has 0 aliphatic carbocycles. The molecular formula is C14H19BrN2O. The first-order valence-corrected chi connectivity index (χ1v) is 7.20. The highest BCUT2D eigenvalue weighted by atomic mass is 79.9. The molecule has 2 rings (SSSR count). The van der Waals surface area contributed by atoms with Crippen LogP contribution >= 0.6 is 15.9 Å². The van der Waals surface area contributed by atoms with Gasteiger partial charge in [-0.3, -0.25) is 4.79 Å². The van der Waals surface area contributed by atoms with Gasteiger partial charge in [0.15, 0.2) is 0 Å². The Morgan fingerprint density at radius 3 is 3.00 bits per heavy atom. The predicted molar refractivity (Wildman–Crippen MR) is 76.6 cm³/mol. The quantitative estimate of drug-likeness (QED) is 0.913. The van der Waals surface area contributed by atoms with Crippen molar-refractivity contribution in [2.75, 3.05) is 13.1 Å². The largest absolute Gasteiger partial charge is 0.334 e. The van der Waals surface area contributed by atoms with Crippen molar-refractivity contribution in [2.45, 2.75) is 32.2 Å². The minimum atomic E-state index is 0.115. The van der Waals surface area contributed by atoms with Crippen molar-refractivity contribution in [1.29, 1.82) is 0 Å². The van der Waals surface area contributed by atoms with Gasteiger partial charge in [0.05, 0.1) is 0 Å². The smallest absolute Gasteiger partial charge is 0.254 e. The minimum absolute atomic E-state index is 0.115. The van der Waals surface area contributed by atoms with E-state index in [9.17, 15) is 4.79 Å². The molecule has 1 aliphatic rings. The number of rotatable bonds is 2. The van der Waals surface area contributed by atoms with Crippen molar-refractivity contribution < 1.29 is 4.79 Å². The standard InChI is InChI=1S/C14H19BrN2O/c1-10-12(6-4-7-13(10)15)14(18)17-8-3-2-5-11(17)9-16/h4,6-7,11H,2-3,5,8-9,16H2,1H3. The van der Waals surface area contributed by atoms with Crippen LogP contribution in [0.4, 0.5) is 0 Å². The number of nitrogens with two attached hydrogens (primary N) is 1. The summed E-state index contributed by atoms with van der Waals surface area (Å²) in [6.07, 6.45) is 3.27. The summed E-state index contributed by atoms with van der Waals surface area (Å²) in [5.74, 6) is 0.115. The second-order valence-corrected chi connectivity index (χ2v) is 5.65. The van der Waals surface area contributed by atoms with Crippen LogP contribution in [0, 0.1) is 6.92 Å². The summed E-state index contributed by atoms with van der Waals surface area (Å²) in [6.45, 7) is 3.35. The number of benzene rings is 1. The van der Waals surface area contributed by atoms with Crippen LogP contribution in [-0.4, -0.2) is 29.9 Å². The maximum absolute atomic E-state index is 12.6. The number of hydrogen-bond acceptors (Lipinski definition) is 2. The third-order valence-corrected chi connectivity index (χ3v) is 4.52. The molecule has 4 heteroatoms. The molecule has 18 heavy (non-hydrogen) atoms. The second-order valence-electron chi connectivity index (χ2n) is 4.80. The highest BCUT2D eigenvalue weighted by molar-refractivity contribution is 9.10. The molecule has 0 aromatic heterocycles. The van der Waals surface area contributed by atoms with Crippen LogP contribution in [0.3, 0.4) is 0 Å². The average Bonchev–Trinajstić information content (AvgIpc) is 2.41. The Bertz CT molecular complexity index is 447. The molecule has 3 nitrogen and oxygen atoms in total. The van der Waals surface area contributed by atoms with Gasteiger partial charge in [-0.2, -0.15) is 0 Å². The molecule has 0 saturated carbocycles. The fourth-order valence-corrected chi connectivity index (χ4v) is 2.87. The van der Waals surface area contributed by atoms with Crippen molar-refractivity contribution in [3.05, 3.63) is 33.8 Å². The maximum Gasteiger partial charge on any atom is 0.254 e. The summed E-state index contributed by atoms with van der Waals surface area (Å²) in [5, 5.41) is 0. The van der Waals surface area contributed by atoms with E-state index in [1.807, 2.05) is 30.0 Å². The van der Waals surface area contributed by atoms with Crippen LogP contribution in [0.1, 0.15) is 35.2 Å². The topological polar surface area (TPSA) is 46.3 Å². The first-order valence-electron chi connectivity index (χ1n) is 6.41. The number of amides is 1. The van der Waals surface area contributed by atoms with Crippen molar-refractivity contribution in [3.8, 4) is 0 Å². The third kappa shape index (κ3) is 2.59. The normalized spacial score (nSPS) is 19.9. The molecule has 1 aliphatic heterocycles. The van der Waals surface area contributed by atoms with Gasteiger partial charge in [-0.15, -0.1) is 0 Å². The van der Waals surface area contributed by atoms with Crippen molar-refractivity contribution in [2.24, 2.45) is 5.73 Å². The number of carbonyl (C=O) groups is 1. The van der Waals surface area contributed by atoms with Gasteiger partial charge >= 0.3 is 0 Å². The van der Waals surface area contributed by atoms with Crippen molar-refractivity contribution >= 4 is 21.8 Å². The number of hydrogen-bond donors (Lipinski definition) is 1. The molecule has 98 valence electrons. The van der Waals surface area contributed by atoms with E-state index < -0.39 is 0 Å². The summed E-state index contributed by atoms with van der Waals surface area (Å²) < 4.78 is 0.981. The summed E-state index contributed by atoms with van der Waals surface area (Å²) in [7, 11) is 0. The van der Waals surface area contributed by atoms with E-state index in [0.29, 0.717) is 6.54 Å². The predicted octanol–water partition coefficient (Wildman–Crippen LogP) is 2.71. The molecule has 1 unspecified atom stereocenters. The zero-order chi connectivity index (χ0) is 13.1. The van der Waals surface area contributed by atoms with E-state index in [1.54, 1.807) is 0 Å². The Morgan fingerprint density at radius 1 is 1.50 bits per heavy atom. The van der Waals surface area contributed by atoms with Crippen molar-refractivity contribution in [3.63, 3.8) is 0 Å². The Morgan fingerprint density at radius 2 is 2.28 bits per heavy atom. The molecule has 0 radical (unpaired) electrons. The van der Waals surface area contributed by atoms with Gasteiger partial charge in [-0.25, -0.2) is 0 Å². The van der Waals surface area contributed by atoms with Gasteiger partial charge < -0.3 is 10.6 Å². The third-order valence-electron chi connectivity index (χ3n) is 3.66. The average molecular weight is 311 g/mol. The molecule has 1 saturated heterocycles. The fraction of sp³-hybridized carbons (Fsp3) is 0.500. The van der Waals surface area contributed by atoms with Gasteiger partial charge in [-0.1, -0.05) is 22.0 Å². The van der Waals surface area contributed by atoms with E-state index in [2.05, 4.69) is 15.9 Å². The lowest BCUT2D eigenvalue weighted by Gasteiger charge is -2.35. The highest BCUT2D eigenvalue weighted by Gasteiger charge is 2.27. The lowest BCUT2D eigenvalue weighted by molar-refractivity contribution is 0.0622. The Labute approximate surface area is 116 Å². The summed E-state index contributed by atoms with van der Waals surface area (Å²) in [4.78, 5) is 14.5. The first kappa shape index (κ1) is 13.6. The van der Waals surface area contributed by atoms with E-state index in [4.69, 9.17) is 5.73 Å². The molecule has 1 aromatic carbocycles. The Balaban J connectivity index is 2.27. The van der Waals surface area contributed by atoms with Crippen LogP contribution in [0.25, 0.3) is 0 Å². The lowest BCUT2D eigenvalue weighted by atomic mass is 9.99. The van der Waals surface area contributed by atoms with E-state index in [-0.39, 0.29) is 11.9 Å². The van der Waals surface area contributed by atoms with Crippen molar-refractivity contribution in [1.82, 2.24) is 4.90 Å². The molecule has 1 heterocycles. The summed E-state index contributed by atoms with van der Waals surface area (Å²) in [5.41, 5.74) is 7.56. The minimum Gasteiger partial charge on any atom is -0.334 e. The molecule has 0 bridgehead atoms. The van der Waals surface area contributed by atoms with Crippen LogP contribution in [0.2, 0.25) is 0 Å². The van der Waals surface area contributed by atoms with Crippen LogP contribution in [-0.2, 0) is 0 Å². The van der Waals surface area contributed by atoms with Gasteiger partial charge in [0.2, 0.25) is 0 Å². The zero-order valence-electron chi connectivity index (χ0n) is 10.7. The summed E-state index contributed by atoms with van der Waals surface area (Å²) in [6, 6.07) is 5.96. The molecule has 1 aromatic rings. The Kier molecular flexibility index (Phi) is 4.40. The van der Waals surface area contributed by atoms with E-state index >= 15 is 0 Å². The van der Waals surface area contributed by atoms with Crippen LogP contribution < -0.4 is 5.73 Å². The fourth-order valence-electron chi connectivity index (χ4n) is 2.51. The lowest BCUT2D eigenvalue weighted by Crippen LogP contribution is -2.47. The number of carbonyl (C=O) groups excluding carboxylic acids is 1. The van der Waals surface area contributed by atoms with Gasteiger partial charge in [0.25, 0.3) is 5.91 Å². The van der Waals surface area contributed by atoms with Gasteiger partial charge in [-0.05, 0) is 43.9 Å². The second kappa shape index (κ2) is 5.85. The number of likely N-dealkylation sites (tertiary alicyclic amines) is 1. The van der Waals surface area contributed by atoms with Crippen LogP contribution in [0.5, 0.6) is 0 Å². The van der Waals surface area contributed by atoms with Gasteiger partial charge in [0, 0.05) is 29.2 Å². The zero-order valence-corrected chi connectivity index (χ0v) is 12.2. The highest BCUT2D eigenvalue weighted by Crippen LogP contribution is 2.24. The SMILES string of the molecule is Cc1c(Br)cccc1C(=O)N1CCCCC1CN. The van der Waals surface area contributed by atoms with Crippen LogP contribution in [0.15, 0.2) is 22.7 Å². The number of piperidine rings is 1.